The molecule has 0 saturated carbocycles. The summed E-state index contributed by atoms with van der Waals surface area (Å²) in [5, 5.41) is 16.9. The molecule has 2 heterocycles. The summed E-state index contributed by atoms with van der Waals surface area (Å²) in [6, 6.07) is 5.42. The Labute approximate surface area is 198 Å². The maximum atomic E-state index is 14.6. The molecule has 0 saturated heterocycles. The Morgan fingerprint density at radius 2 is 2.03 bits per heavy atom. The second-order valence-electron chi connectivity index (χ2n) is 8.68. The summed E-state index contributed by atoms with van der Waals surface area (Å²) in [4.78, 5) is 27.1. The summed E-state index contributed by atoms with van der Waals surface area (Å²) >= 11 is 0. The monoisotopic (exact) mass is 474 g/mol. The van der Waals surface area contributed by atoms with Gasteiger partial charge in [-0.15, -0.1) is 0 Å². The van der Waals surface area contributed by atoms with Crippen LogP contribution in [0.5, 0.6) is 11.5 Å². The van der Waals surface area contributed by atoms with E-state index in [2.05, 4.69) is 10.4 Å². The highest BCUT2D eigenvalue weighted by atomic mass is 19.1. The van der Waals surface area contributed by atoms with Gasteiger partial charge in [0.05, 0.1) is 25.3 Å². The van der Waals surface area contributed by atoms with Crippen LogP contribution < -0.4 is 14.8 Å². The second-order valence-corrected chi connectivity index (χ2v) is 8.68. The van der Waals surface area contributed by atoms with Crippen molar-refractivity contribution in [2.45, 2.75) is 58.7 Å². The second kappa shape index (κ2) is 10.7. The number of rotatable bonds is 11. The van der Waals surface area contributed by atoms with Crippen LogP contribution in [0.25, 0.3) is 0 Å². The molecule has 1 atom stereocenters. The van der Waals surface area contributed by atoms with E-state index in [1.807, 2.05) is 6.92 Å². The number of ether oxygens (including phenoxy) is 2. The van der Waals surface area contributed by atoms with E-state index in [-0.39, 0.29) is 36.3 Å². The van der Waals surface area contributed by atoms with Gasteiger partial charge in [0.2, 0.25) is 11.7 Å². The van der Waals surface area contributed by atoms with Gasteiger partial charge in [0.15, 0.2) is 17.3 Å². The van der Waals surface area contributed by atoms with Gasteiger partial charge in [-0.1, -0.05) is 19.4 Å². The quantitative estimate of drug-likeness (QED) is 0.519. The van der Waals surface area contributed by atoms with Crippen molar-refractivity contribution in [1.29, 1.82) is 0 Å². The number of benzene rings is 1. The van der Waals surface area contributed by atoms with E-state index in [1.54, 1.807) is 39.1 Å². The number of nitrogens with one attached hydrogen (secondary N) is 1. The lowest BCUT2D eigenvalue weighted by Gasteiger charge is -2.26. The molecule has 9 nitrogen and oxygen atoms in total. The summed E-state index contributed by atoms with van der Waals surface area (Å²) in [6.07, 6.45) is 4.01. The van der Waals surface area contributed by atoms with E-state index in [0.29, 0.717) is 25.3 Å². The van der Waals surface area contributed by atoms with Gasteiger partial charge in [0.1, 0.15) is 11.8 Å². The average Bonchev–Trinajstić information content (AvgIpc) is 3.33. The Balaban J connectivity index is 1.68. The van der Waals surface area contributed by atoms with Crippen LogP contribution in [-0.2, 0) is 16.1 Å². The van der Waals surface area contributed by atoms with Gasteiger partial charge in [0.25, 0.3) is 5.91 Å². The zero-order chi connectivity index (χ0) is 24.9. The molecule has 2 amide bonds. The minimum atomic E-state index is -0.955. The lowest BCUT2D eigenvalue weighted by Crippen LogP contribution is -2.45. The van der Waals surface area contributed by atoms with Crippen molar-refractivity contribution < 1.29 is 28.6 Å². The van der Waals surface area contributed by atoms with Gasteiger partial charge in [-0.2, -0.15) is 9.49 Å². The zero-order valence-electron chi connectivity index (χ0n) is 19.9. The smallest absolute Gasteiger partial charge is 0.251 e. The number of amides is 2. The first-order valence-electron chi connectivity index (χ1n) is 11.3. The largest absolute Gasteiger partial charge is 0.491 e. The fourth-order valence-electron chi connectivity index (χ4n) is 3.64. The third-order valence-corrected chi connectivity index (χ3v) is 5.04. The van der Waals surface area contributed by atoms with E-state index in [9.17, 15) is 19.1 Å². The molecule has 10 heteroatoms. The first-order chi connectivity index (χ1) is 16.1. The molecule has 2 aromatic rings. The van der Waals surface area contributed by atoms with E-state index in [0.717, 1.165) is 0 Å². The molecule has 1 aliphatic heterocycles. The van der Waals surface area contributed by atoms with E-state index >= 15 is 0 Å². The molecule has 184 valence electrons. The van der Waals surface area contributed by atoms with Crippen LogP contribution in [-0.4, -0.2) is 56.4 Å². The molecular formula is C24H31FN4O5. The molecule has 0 spiro atoms. The maximum absolute atomic E-state index is 14.6. The average molecular weight is 475 g/mol. The van der Waals surface area contributed by atoms with E-state index < -0.39 is 23.4 Å². The fourth-order valence-corrected chi connectivity index (χ4v) is 3.64. The van der Waals surface area contributed by atoms with Crippen LogP contribution in [0.3, 0.4) is 0 Å². The number of aromatic nitrogens is 2. The van der Waals surface area contributed by atoms with Crippen molar-refractivity contribution >= 4 is 17.6 Å². The lowest BCUT2D eigenvalue weighted by atomic mass is 10.1. The number of carbonyl (C=O) groups excluding carboxylic acids is 2. The van der Waals surface area contributed by atoms with Gasteiger partial charge >= 0.3 is 0 Å². The van der Waals surface area contributed by atoms with Crippen LogP contribution in [0.15, 0.2) is 42.3 Å². The Morgan fingerprint density at radius 1 is 1.29 bits per heavy atom. The molecule has 0 fully saturated rings. The number of hydrogen-bond donors (Lipinski definition) is 2. The zero-order valence-corrected chi connectivity index (χ0v) is 19.9. The molecule has 1 aromatic carbocycles. The normalized spacial score (nSPS) is 14.7. The van der Waals surface area contributed by atoms with Crippen molar-refractivity contribution in [1.82, 2.24) is 14.7 Å². The molecule has 1 aliphatic rings. The molecule has 1 aromatic heterocycles. The SMILES string of the molecule is CCCC(C(=O)Nc1ccn(CC(C)(C)O)n1)N1CC(Oc2cccc(OCC)c2F)=CC1=O. The molecule has 1 unspecified atom stereocenters. The molecule has 0 bridgehead atoms. The predicted octanol–water partition coefficient (Wildman–Crippen LogP) is 3.10. The summed E-state index contributed by atoms with van der Waals surface area (Å²) < 4.78 is 27.0. The van der Waals surface area contributed by atoms with Crippen molar-refractivity contribution in [2.24, 2.45) is 0 Å². The number of halogens is 1. The Hall–Kier alpha value is -3.40. The highest BCUT2D eigenvalue weighted by Crippen LogP contribution is 2.29. The van der Waals surface area contributed by atoms with Gasteiger partial charge in [-0.3, -0.25) is 14.3 Å². The molecule has 0 radical (unpaired) electrons. The first-order valence-corrected chi connectivity index (χ1v) is 11.3. The summed E-state index contributed by atoms with van der Waals surface area (Å²) in [5.41, 5.74) is -0.955. The van der Waals surface area contributed by atoms with Crippen LogP contribution in [0, 0.1) is 5.82 Å². The number of nitrogens with zero attached hydrogens (tertiary/aromatic N) is 3. The van der Waals surface area contributed by atoms with Crippen molar-refractivity contribution in [3.8, 4) is 11.5 Å². The van der Waals surface area contributed by atoms with Crippen molar-refractivity contribution in [3.63, 3.8) is 0 Å². The van der Waals surface area contributed by atoms with Crippen LogP contribution >= 0.6 is 0 Å². The molecular weight excluding hydrogens is 443 g/mol. The van der Waals surface area contributed by atoms with Gasteiger partial charge < -0.3 is 24.8 Å². The predicted molar refractivity (Wildman–Crippen MR) is 124 cm³/mol. The number of carbonyl (C=O) groups is 2. The Morgan fingerprint density at radius 3 is 2.71 bits per heavy atom. The lowest BCUT2D eigenvalue weighted by molar-refractivity contribution is -0.133. The maximum Gasteiger partial charge on any atom is 0.251 e. The Bertz CT molecular complexity index is 1060. The topological polar surface area (TPSA) is 106 Å². The number of hydrogen-bond acceptors (Lipinski definition) is 6. The fraction of sp³-hybridized carbons (Fsp3) is 0.458. The molecule has 34 heavy (non-hydrogen) atoms. The van der Waals surface area contributed by atoms with E-state index in [4.69, 9.17) is 9.47 Å². The van der Waals surface area contributed by atoms with Crippen molar-refractivity contribution in [2.75, 3.05) is 18.5 Å². The summed E-state index contributed by atoms with van der Waals surface area (Å²) in [7, 11) is 0. The highest BCUT2D eigenvalue weighted by Gasteiger charge is 2.34. The molecule has 3 rings (SSSR count). The summed E-state index contributed by atoms with van der Waals surface area (Å²) in [5.74, 6) is -0.863. The first kappa shape index (κ1) is 25.2. The van der Waals surface area contributed by atoms with Crippen LogP contribution in [0.4, 0.5) is 10.2 Å². The number of anilines is 1. The molecule has 2 N–H and O–H groups in total. The van der Waals surface area contributed by atoms with Crippen LogP contribution in [0.1, 0.15) is 40.5 Å². The Kier molecular flexibility index (Phi) is 7.93. The molecule has 0 aliphatic carbocycles. The standard InChI is InChI=1S/C24H31FN4O5/c1-5-8-17(23(31)26-20-11-12-28(27-20)15-24(3,4)32)29-14-16(13-21(29)30)34-19-10-7-9-18(22(19)25)33-6-2/h7,9-13,17,32H,5-6,8,14-15H2,1-4H3,(H,26,27,31). The van der Waals surface area contributed by atoms with Crippen molar-refractivity contribution in [3.05, 3.63) is 48.1 Å². The highest BCUT2D eigenvalue weighted by molar-refractivity contribution is 5.99. The van der Waals surface area contributed by atoms with Gasteiger partial charge in [0, 0.05) is 18.3 Å². The van der Waals surface area contributed by atoms with Gasteiger partial charge in [-0.05, 0) is 39.3 Å². The minimum absolute atomic E-state index is 0.0301. The minimum Gasteiger partial charge on any atom is -0.491 e. The third-order valence-electron chi connectivity index (χ3n) is 5.04. The third kappa shape index (κ3) is 6.34. The van der Waals surface area contributed by atoms with Gasteiger partial charge in [-0.25, -0.2) is 0 Å². The van der Waals surface area contributed by atoms with Crippen LogP contribution in [0.2, 0.25) is 0 Å². The number of aliphatic hydroxyl groups is 1. The summed E-state index contributed by atoms with van der Waals surface area (Å²) in [6.45, 7) is 7.58. The van der Waals surface area contributed by atoms with E-state index in [1.165, 1.54) is 27.8 Å².